The second-order valence-electron chi connectivity index (χ2n) is 6.34. The Morgan fingerprint density at radius 3 is 2.33 bits per heavy atom. The van der Waals surface area contributed by atoms with Gasteiger partial charge in [-0.05, 0) is 30.7 Å². The van der Waals surface area contributed by atoms with Gasteiger partial charge in [0.05, 0.1) is 11.8 Å². The molecule has 0 aliphatic carbocycles. The van der Waals surface area contributed by atoms with Gasteiger partial charge < -0.3 is 9.52 Å². The largest absolute Gasteiger partial charge is 0.507 e. The summed E-state index contributed by atoms with van der Waals surface area (Å²) >= 11 is 0. The highest BCUT2D eigenvalue weighted by molar-refractivity contribution is 6.51. The number of rotatable bonds is 3. The molecule has 134 valence electrons. The first kappa shape index (κ1) is 16.8. The molecular weight excluding hydrogens is 342 g/mol. The van der Waals surface area contributed by atoms with E-state index in [1.54, 1.807) is 48.5 Å². The van der Waals surface area contributed by atoms with Gasteiger partial charge in [-0.3, -0.25) is 14.5 Å². The van der Waals surface area contributed by atoms with Crippen LogP contribution in [0, 0.1) is 6.92 Å². The summed E-state index contributed by atoms with van der Waals surface area (Å²) in [6, 6.07) is 18.6. The van der Waals surface area contributed by atoms with Crippen molar-refractivity contribution in [3.05, 3.63) is 95.5 Å². The smallest absolute Gasteiger partial charge is 0.300 e. The fourth-order valence-electron chi connectivity index (χ4n) is 3.38. The molecule has 2 heterocycles. The Kier molecular flexibility index (Phi) is 4.12. The van der Waals surface area contributed by atoms with Crippen LogP contribution in [0.2, 0.25) is 0 Å². The normalized spacial score (nSPS) is 18.9. The predicted molar refractivity (Wildman–Crippen MR) is 101 cm³/mol. The Morgan fingerprint density at radius 1 is 0.963 bits per heavy atom. The third-order valence-corrected chi connectivity index (χ3v) is 4.68. The molecule has 27 heavy (non-hydrogen) atoms. The van der Waals surface area contributed by atoms with Crippen LogP contribution in [-0.2, 0) is 9.59 Å². The highest BCUT2D eigenvalue weighted by Crippen LogP contribution is 2.43. The zero-order chi connectivity index (χ0) is 19.0. The first-order chi connectivity index (χ1) is 13.1. The van der Waals surface area contributed by atoms with Crippen LogP contribution in [0.25, 0.3) is 5.76 Å². The number of para-hydroxylation sites is 1. The lowest BCUT2D eigenvalue weighted by Gasteiger charge is -2.24. The fourth-order valence-corrected chi connectivity index (χ4v) is 3.38. The molecule has 5 nitrogen and oxygen atoms in total. The van der Waals surface area contributed by atoms with Gasteiger partial charge in [0.2, 0.25) is 0 Å². The average Bonchev–Trinajstić information content (AvgIpc) is 3.30. The highest BCUT2D eigenvalue weighted by Gasteiger charge is 2.48. The van der Waals surface area contributed by atoms with E-state index < -0.39 is 17.7 Å². The van der Waals surface area contributed by atoms with Crippen molar-refractivity contribution in [1.82, 2.24) is 0 Å². The molecule has 1 unspecified atom stereocenters. The van der Waals surface area contributed by atoms with E-state index in [9.17, 15) is 14.7 Å². The maximum atomic E-state index is 12.9. The van der Waals surface area contributed by atoms with E-state index in [2.05, 4.69) is 0 Å². The molecule has 0 spiro atoms. The van der Waals surface area contributed by atoms with Crippen LogP contribution in [0.3, 0.4) is 0 Å². The van der Waals surface area contributed by atoms with Crippen molar-refractivity contribution in [3.63, 3.8) is 0 Å². The van der Waals surface area contributed by atoms with Crippen LogP contribution in [0.5, 0.6) is 0 Å². The minimum Gasteiger partial charge on any atom is -0.507 e. The summed E-state index contributed by atoms with van der Waals surface area (Å²) in [6.45, 7) is 1.87. The van der Waals surface area contributed by atoms with E-state index in [4.69, 9.17) is 4.42 Å². The molecule has 1 aliphatic heterocycles. The summed E-state index contributed by atoms with van der Waals surface area (Å²) in [7, 11) is 0. The molecule has 1 aliphatic rings. The van der Waals surface area contributed by atoms with Crippen LogP contribution < -0.4 is 4.90 Å². The van der Waals surface area contributed by atoms with Crippen molar-refractivity contribution in [1.29, 1.82) is 0 Å². The number of benzene rings is 2. The number of amides is 1. The third-order valence-electron chi connectivity index (χ3n) is 4.68. The van der Waals surface area contributed by atoms with Gasteiger partial charge in [-0.2, -0.15) is 0 Å². The maximum Gasteiger partial charge on any atom is 0.300 e. The molecule has 0 saturated carbocycles. The number of aliphatic hydroxyl groups is 1. The number of aryl methyl sites for hydroxylation is 1. The van der Waals surface area contributed by atoms with Crippen LogP contribution in [0.1, 0.15) is 22.9 Å². The second-order valence-corrected chi connectivity index (χ2v) is 6.34. The van der Waals surface area contributed by atoms with Crippen molar-refractivity contribution in [3.8, 4) is 0 Å². The Balaban J connectivity index is 1.96. The Labute approximate surface area is 156 Å². The number of ketones is 1. The summed E-state index contributed by atoms with van der Waals surface area (Å²) in [5.74, 6) is -1.23. The second kappa shape index (κ2) is 6.61. The minimum atomic E-state index is -0.832. The van der Waals surface area contributed by atoms with Crippen molar-refractivity contribution in [2.45, 2.75) is 13.0 Å². The molecular formula is C22H17NO4. The van der Waals surface area contributed by atoms with Gasteiger partial charge in [-0.15, -0.1) is 0 Å². The van der Waals surface area contributed by atoms with Crippen LogP contribution in [-0.4, -0.2) is 16.8 Å². The molecule has 1 N–H and O–H groups in total. The molecule has 0 radical (unpaired) electrons. The number of nitrogens with zero attached hydrogens (tertiary/aromatic N) is 1. The number of Topliss-reactive ketones (excluding diaryl/α,β-unsaturated/α-hetero) is 1. The lowest BCUT2D eigenvalue weighted by atomic mass is 9.99. The molecule has 1 atom stereocenters. The molecule has 1 aromatic heterocycles. The van der Waals surface area contributed by atoms with E-state index in [1.807, 2.05) is 25.1 Å². The van der Waals surface area contributed by atoms with Gasteiger partial charge in [-0.25, -0.2) is 0 Å². The van der Waals surface area contributed by atoms with Gasteiger partial charge in [0, 0.05) is 11.3 Å². The maximum absolute atomic E-state index is 12.9. The number of carbonyl (C=O) groups excluding carboxylic acids is 2. The van der Waals surface area contributed by atoms with Crippen molar-refractivity contribution in [2.24, 2.45) is 0 Å². The number of hydrogen-bond donors (Lipinski definition) is 1. The molecule has 2 aromatic carbocycles. The van der Waals surface area contributed by atoms with E-state index >= 15 is 0 Å². The minimum absolute atomic E-state index is 0.0180. The number of carbonyl (C=O) groups is 2. The number of anilines is 1. The van der Waals surface area contributed by atoms with Crippen molar-refractivity contribution in [2.75, 3.05) is 4.90 Å². The monoisotopic (exact) mass is 359 g/mol. The fraction of sp³-hybridized carbons (Fsp3) is 0.0909. The SMILES string of the molecule is Cc1ccccc1N1C(=O)C(=O)/C(=C(\O)c2ccccc2)C1c1ccco1. The van der Waals surface area contributed by atoms with Gasteiger partial charge in [0.25, 0.3) is 11.7 Å². The van der Waals surface area contributed by atoms with Gasteiger partial charge in [0.15, 0.2) is 0 Å². The lowest BCUT2D eigenvalue weighted by Crippen LogP contribution is -2.29. The predicted octanol–water partition coefficient (Wildman–Crippen LogP) is 4.21. The summed E-state index contributed by atoms with van der Waals surface area (Å²) in [5, 5.41) is 10.8. The quantitative estimate of drug-likeness (QED) is 0.432. The standard InChI is InChI=1S/C22H17NO4/c1-14-8-5-6-11-16(14)23-19(17-12-7-13-27-17)18(21(25)22(23)26)20(24)15-9-3-2-4-10-15/h2-13,19,24H,1H3/b20-18-. The van der Waals surface area contributed by atoms with E-state index in [0.717, 1.165) is 5.56 Å². The summed E-state index contributed by atoms with van der Waals surface area (Å²) in [4.78, 5) is 27.2. The highest BCUT2D eigenvalue weighted by atomic mass is 16.3. The van der Waals surface area contributed by atoms with Gasteiger partial charge in [-0.1, -0.05) is 48.5 Å². The Morgan fingerprint density at radius 2 is 1.67 bits per heavy atom. The average molecular weight is 359 g/mol. The molecule has 5 heteroatoms. The Hall–Kier alpha value is -3.60. The summed E-state index contributed by atoms with van der Waals surface area (Å²) < 4.78 is 5.53. The van der Waals surface area contributed by atoms with E-state index in [-0.39, 0.29) is 11.3 Å². The number of aliphatic hydroxyl groups excluding tert-OH is 1. The zero-order valence-corrected chi connectivity index (χ0v) is 14.6. The molecule has 1 amide bonds. The number of furan rings is 1. The zero-order valence-electron chi connectivity index (χ0n) is 14.6. The first-order valence-electron chi connectivity index (χ1n) is 8.55. The van der Waals surface area contributed by atoms with Crippen LogP contribution in [0.15, 0.2) is 83.0 Å². The van der Waals surface area contributed by atoms with Gasteiger partial charge in [0.1, 0.15) is 17.6 Å². The Bertz CT molecular complexity index is 1040. The first-order valence-corrected chi connectivity index (χ1v) is 8.55. The van der Waals surface area contributed by atoms with E-state index in [1.165, 1.54) is 11.2 Å². The van der Waals surface area contributed by atoms with Crippen LogP contribution >= 0.6 is 0 Å². The third kappa shape index (κ3) is 2.73. The topological polar surface area (TPSA) is 70.8 Å². The molecule has 0 bridgehead atoms. The summed E-state index contributed by atoms with van der Waals surface area (Å²) in [5.41, 5.74) is 1.94. The van der Waals surface area contributed by atoms with Gasteiger partial charge >= 0.3 is 0 Å². The molecule has 1 saturated heterocycles. The molecule has 4 rings (SSSR count). The van der Waals surface area contributed by atoms with Crippen molar-refractivity contribution >= 4 is 23.1 Å². The van der Waals surface area contributed by atoms with E-state index in [0.29, 0.717) is 17.0 Å². The van der Waals surface area contributed by atoms with Crippen LogP contribution in [0.4, 0.5) is 5.69 Å². The van der Waals surface area contributed by atoms with Crippen molar-refractivity contribution < 1.29 is 19.1 Å². The number of hydrogen-bond acceptors (Lipinski definition) is 4. The summed E-state index contributed by atoms with van der Waals surface area (Å²) in [6.07, 6.45) is 1.48. The lowest BCUT2D eigenvalue weighted by molar-refractivity contribution is -0.132. The molecule has 1 fully saturated rings. The molecule has 3 aromatic rings.